The topological polar surface area (TPSA) is 29.5 Å². The molecule has 94 valence electrons. The highest BCUT2D eigenvalue weighted by atomic mass is 35.5. The Morgan fingerprint density at radius 3 is 2.82 bits per heavy atom. The number of benzene rings is 1. The number of aliphatic hydroxyl groups is 1. The van der Waals surface area contributed by atoms with Crippen molar-refractivity contribution in [2.45, 2.75) is 24.9 Å². The molecule has 2 rings (SSSR count). The van der Waals surface area contributed by atoms with Crippen LogP contribution in [0.1, 0.15) is 18.4 Å². The number of halogens is 2. The average molecular weight is 259 g/mol. The van der Waals surface area contributed by atoms with E-state index in [0.29, 0.717) is 12.0 Å². The Labute approximate surface area is 105 Å². The second-order valence-corrected chi connectivity index (χ2v) is 5.08. The predicted molar refractivity (Wildman–Crippen MR) is 64.7 cm³/mol. The predicted octanol–water partition coefficient (Wildman–Crippen LogP) is 2.81. The molecule has 1 aliphatic rings. The van der Waals surface area contributed by atoms with Gasteiger partial charge in [-0.2, -0.15) is 0 Å². The minimum absolute atomic E-state index is 0.0997. The summed E-state index contributed by atoms with van der Waals surface area (Å²) in [5, 5.41) is 10.6. The molecule has 17 heavy (non-hydrogen) atoms. The van der Waals surface area contributed by atoms with Crippen LogP contribution >= 0.6 is 11.6 Å². The minimum atomic E-state index is -0.924. The van der Waals surface area contributed by atoms with Gasteiger partial charge in [-0.3, -0.25) is 0 Å². The average Bonchev–Trinajstić information content (AvgIpc) is 3.09. The number of ether oxygens (including phenoxy) is 1. The SMILES string of the molecule is COCC(O)(Cc1cccc(F)c1Cl)C1CC1. The van der Waals surface area contributed by atoms with Gasteiger partial charge in [0.15, 0.2) is 0 Å². The van der Waals surface area contributed by atoms with Crippen molar-refractivity contribution in [2.75, 3.05) is 13.7 Å². The van der Waals surface area contributed by atoms with E-state index in [-0.39, 0.29) is 17.5 Å². The first-order valence-corrected chi connectivity index (χ1v) is 6.09. The summed E-state index contributed by atoms with van der Waals surface area (Å²) in [5.74, 6) is -0.207. The molecule has 1 aromatic rings. The quantitative estimate of drug-likeness (QED) is 0.880. The van der Waals surface area contributed by atoms with Gasteiger partial charge in [0.05, 0.1) is 17.2 Å². The van der Waals surface area contributed by atoms with Crippen molar-refractivity contribution in [1.29, 1.82) is 0 Å². The van der Waals surface area contributed by atoms with Crippen LogP contribution < -0.4 is 0 Å². The van der Waals surface area contributed by atoms with E-state index < -0.39 is 11.4 Å². The third kappa shape index (κ3) is 2.79. The van der Waals surface area contributed by atoms with Gasteiger partial charge in [-0.05, 0) is 30.4 Å². The van der Waals surface area contributed by atoms with E-state index in [4.69, 9.17) is 16.3 Å². The third-order valence-electron chi connectivity index (χ3n) is 3.26. The van der Waals surface area contributed by atoms with E-state index in [0.717, 1.165) is 12.8 Å². The summed E-state index contributed by atoms with van der Waals surface area (Å²) in [7, 11) is 1.56. The van der Waals surface area contributed by atoms with Crippen molar-refractivity contribution in [3.05, 3.63) is 34.6 Å². The smallest absolute Gasteiger partial charge is 0.142 e. The minimum Gasteiger partial charge on any atom is -0.387 e. The van der Waals surface area contributed by atoms with E-state index >= 15 is 0 Å². The van der Waals surface area contributed by atoms with Gasteiger partial charge >= 0.3 is 0 Å². The Bertz CT molecular complexity index is 406. The van der Waals surface area contributed by atoms with E-state index in [9.17, 15) is 9.50 Å². The first kappa shape index (κ1) is 12.8. The lowest BCUT2D eigenvalue weighted by molar-refractivity contribution is -0.0474. The lowest BCUT2D eigenvalue weighted by Crippen LogP contribution is -2.39. The van der Waals surface area contributed by atoms with Crippen LogP contribution in [0.15, 0.2) is 18.2 Å². The Morgan fingerprint density at radius 1 is 1.53 bits per heavy atom. The molecule has 2 nitrogen and oxygen atoms in total. The van der Waals surface area contributed by atoms with Crippen LogP contribution in [0.4, 0.5) is 4.39 Å². The van der Waals surface area contributed by atoms with Gasteiger partial charge in [0, 0.05) is 13.5 Å². The van der Waals surface area contributed by atoms with Crippen LogP contribution in [0.5, 0.6) is 0 Å². The van der Waals surface area contributed by atoms with Crippen LogP contribution in [0, 0.1) is 11.7 Å². The molecule has 1 unspecified atom stereocenters. The van der Waals surface area contributed by atoms with Gasteiger partial charge in [0.1, 0.15) is 5.82 Å². The van der Waals surface area contributed by atoms with Crippen molar-refractivity contribution < 1.29 is 14.2 Å². The maximum atomic E-state index is 13.3. The van der Waals surface area contributed by atoms with E-state index in [1.54, 1.807) is 19.2 Å². The second kappa shape index (κ2) is 4.92. The number of hydrogen-bond acceptors (Lipinski definition) is 2. The summed E-state index contributed by atoms with van der Waals surface area (Å²) < 4.78 is 18.4. The number of methoxy groups -OCH3 is 1. The molecule has 0 aromatic heterocycles. The van der Waals surface area contributed by atoms with Gasteiger partial charge in [-0.15, -0.1) is 0 Å². The van der Waals surface area contributed by atoms with E-state index in [1.807, 2.05) is 0 Å². The summed E-state index contributed by atoms with van der Waals surface area (Å²) in [5.41, 5.74) is -0.287. The molecule has 4 heteroatoms. The third-order valence-corrected chi connectivity index (χ3v) is 3.68. The van der Waals surface area contributed by atoms with Gasteiger partial charge in [0.25, 0.3) is 0 Å². The molecule has 0 saturated heterocycles. The van der Waals surface area contributed by atoms with Gasteiger partial charge in [-0.1, -0.05) is 23.7 Å². The normalized spacial score (nSPS) is 19.1. The Balaban J connectivity index is 2.20. The first-order chi connectivity index (χ1) is 8.07. The van der Waals surface area contributed by atoms with Gasteiger partial charge in [0.2, 0.25) is 0 Å². The van der Waals surface area contributed by atoms with Crippen LogP contribution in [-0.2, 0) is 11.2 Å². The summed E-state index contributed by atoms with van der Waals surface area (Å²) in [6.45, 7) is 0.254. The summed E-state index contributed by atoms with van der Waals surface area (Å²) in [6, 6.07) is 4.67. The Hall–Kier alpha value is -0.640. The Morgan fingerprint density at radius 2 is 2.24 bits per heavy atom. The molecule has 1 aliphatic carbocycles. The molecule has 0 amide bonds. The zero-order valence-corrected chi connectivity index (χ0v) is 10.5. The molecule has 0 radical (unpaired) electrons. The van der Waals surface area contributed by atoms with Gasteiger partial charge in [-0.25, -0.2) is 4.39 Å². The van der Waals surface area contributed by atoms with Crippen LogP contribution in [0.25, 0.3) is 0 Å². The molecule has 0 bridgehead atoms. The largest absolute Gasteiger partial charge is 0.387 e. The molecule has 0 heterocycles. The maximum absolute atomic E-state index is 13.3. The maximum Gasteiger partial charge on any atom is 0.142 e. The zero-order valence-electron chi connectivity index (χ0n) is 9.75. The van der Waals surface area contributed by atoms with Crippen molar-refractivity contribution in [3.63, 3.8) is 0 Å². The Kier molecular flexibility index (Phi) is 3.71. The fraction of sp³-hybridized carbons (Fsp3) is 0.538. The van der Waals surface area contributed by atoms with Crippen molar-refractivity contribution in [2.24, 2.45) is 5.92 Å². The van der Waals surface area contributed by atoms with Crippen molar-refractivity contribution in [1.82, 2.24) is 0 Å². The molecular formula is C13H16ClFO2. The molecule has 1 N–H and O–H groups in total. The van der Waals surface area contributed by atoms with E-state index in [2.05, 4.69) is 0 Å². The fourth-order valence-corrected chi connectivity index (χ4v) is 2.39. The lowest BCUT2D eigenvalue weighted by Gasteiger charge is -2.27. The molecular weight excluding hydrogens is 243 g/mol. The fourth-order valence-electron chi connectivity index (χ4n) is 2.20. The molecule has 1 fully saturated rings. The standard InChI is InChI=1S/C13H16ClFO2/c1-17-8-13(16,10-5-6-10)7-9-3-2-4-11(15)12(9)14/h2-4,10,16H,5-8H2,1H3. The number of rotatable bonds is 5. The highest BCUT2D eigenvalue weighted by Gasteiger charge is 2.44. The summed E-state index contributed by atoms with van der Waals surface area (Å²) >= 11 is 5.90. The van der Waals surface area contributed by atoms with Crippen LogP contribution in [-0.4, -0.2) is 24.4 Å². The molecule has 0 aliphatic heterocycles. The first-order valence-electron chi connectivity index (χ1n) is 5.71. The van der Waals surface area contributed by atoms with Gasteiger partial charge < -0.3 is 9.84 Å². The van der Waals surface area contributed by atoms with Crippen LogP contribution in [0.2, 0.25) is 5.02 Å². The lowest BCUT2D eigenvalue weighted by atomic mass is 9.90. The molecule has 1 saturated carbocycles. The zero-order chi connectivity index (χ0) is 12.5. The van der Waals surface area contributed by atoms with Crippen LogP contribution in [0.3, 0.4) is 0 Å². The molecule has 1 aromatic carbocycles. The van der Waals surface area contributed by atoms with Crippen molar-refractivity contribution in [3.8, 4) is 0 Å². The highest BCUT2D eigenvalue weighted by molar-refractivity contribution is 6.31. The van der Waals surface area contributed by atoms with Crippen molar-refractivity contribution >= 4 is 11.6 Å². The molecule has 0 spiro atoms. The summed E-state index contributed by atoms with van der Waals surface area (Å²) in [6.07, 6.45) is 2.32. The monoisotopic (exact) mass is 258 g/mol. The summed E-state index contributed by atoms with van der Waals surface area (Å²) in [4.78, 5) is 0. The highest BCUT2D eigenvalue weighted by Crippen LogP contribution is 2.42. The second-order valence-electron chi connectivity index (χ2n) is 4.70. The molecule has 1 atom stereocenters. The number of hydrogen-bond donors (Lipinski definition) is 1. The van der Waals surface area contributed by atoms with E-state index in [1.165, 1.54) is 6.07 Å².